The number of halogens is 2. The molecule has 0 radical (unpaired) electrons. The number of rotatable bonds is 5. The summed E-state index contributed by atoms with van der Waals surface area (Å²) in [5.74, 6) is 2.13. The van der Waals surface area contributed by atoms with E-state index in [1.165, 1.54) is 18.4 Å². The molecule has 4 atom stereocenters. The molecule has 0 aliphatic heterocycles. The van der Waals surface area contributed by atoms with E-state index in [4.69, 9.17) is 23.6 Å². The number of fused-ring (bicyclic) bond motifs is 1. The van der Waals surface area contributed by atoms with Gasteiger partial charge in [-0.05, 0) is 41.6 Å². The summed E-state index contributed by atoms with van der Waals surface area (Å²) in [6.07, 6.45) is 12.1. The Balaban J connectivity index is 0.00000113. The molecule has 174 valence electrons. The van der Waals surface area contributed by atoms with Crippen molar-refractivity contribution >= 4 is 26.8 Å². The summed E-state index contributed by atoms with van der Waals surface area (Å²) in [5, 5.41) is 0. The Labute approximate surface area is 210 Å². The second kappa shape index (κ2) is 12.0. The predicted molar refractivity (Wildman–Crippen MR) is 140 cm³/mol. The number of benzene rings is 1. The van der Waals surface area contributed by atoms with Crippen molar-refractivity contribution in [2.45, 2.75) is 77.0 Å². The van der Waals surface area contributed by atoms with Gasteiger partial charge in [0.25, 0.3) is 0 Å². The van der Waals surface area contributed by atoms with Gasteiger partial charge in [0.05, 0.1) is 0 Å². The van der Waals surface area contributed by atoms with Crippen molar-refractivity contribution in [2.24, 2.45) is 17.8 Å². The van der Waals surface area contributed by atoms with Crippen molar-refractivity contribution in [3.63, 3.8) is 0 Å². The Hall–Kier alpha value is 0.171. The van der Waals surface area contributed by atoms with Gasteiger partial charge in [-0.3, -0.25) is 0 Å². The van der Waals surface area contributed by atoms with Crippen LogP contribution in [0.4, 0.5) is 0 Å². The molecule has 1 fully saturated rings. The van der Waals surface area contributed by atoms with E-state index < -0.39 is 25.3 Å². The van der Waals surface area contributed by atoms with Gasteiger partial charge in [0.1, 0.15) is 0 Å². The SMILES string of the molecule is CC(C)(C)[N-][Si](C)(C)C1C(CC(C)(C)c2ccccc2)CC2C=CC=CC21.[CH3-].[Cl][Ti][Cl]. The summed E-state index contributed by atoms with van der Waals surface area (Å²) < 4.78 is 0. The van der Waals surface area contributed by atoms with Gasteiger partial charge in [-0.1, -0.05) is 116 Å². The molecule has 1 saturated carbocycles. The van der Waals surface area contributed by atoms with Gasteiger partial charge in [0.2, 0.25) is 0 Å². The number of allylic oxidation sites excluding steroid dienone is 4. The Kier molecular flexibility index (Phi) is 11.3. The van der Waals surface area contributed by atoms with Crippen LogP contribution in [0.3, 0.4) is 0 Å². The number of nitrogens with zero attached hydrogens (tertiary/aromatic N) is 1. The van der Waals surface area contributed by atoms with Crippen LogP contribution in [-0.4, -0.2) is 13.8 Å². The van der Waals surface area contributed by atoms with Crippen LogP contribution in [-0.2, 0) is 22.4 Å². The molecule has 0 spiro atoms. The van der Waals surface area contributed by atoms with Gasteiger partial charge in [-0.15, -0.1) is 5.54 Å². The molecular weight excluding hydrogens is 473 g/mol. The quantitative estimate of drug-likeness (QED) is 0.275. The average Bonchev–Trinajstić information content (AvgIpc) is 2.99. The van der Waals surface area contributed by atoms with Crippen LogP contribution in [0.25, 0.3) is 4.98 Å². The maximum atomic E-state index is 5.45. The molecule has 1 nitrogen and oxygen atoms in total. The van der Waals surface area contributed by atoms with Crippen LogP contribution >= 0.6 is 18.6 Å². The van der Waals surface area contributed by atoms with E-state index in [-0.39, 0.29) is 18.4 Å². The Morgan fingerprint density at radius 1 is 1.00 bits per heavy atom. The zero-order valence-electron chi connectivity index (χ0n) is 20.6. The summed E-state index contributed by atoms with van der Waals surface area (Å²) in [4.78, 5) is 5.45. The van der Waals surface area contributed by atoms with E-state index in [2.05, 4.69) is 102 Å². The van der Waals surface area contributed by atoms with Crippen molar-refractivity contribution in [2.75, 3.05) is 0 Å². The van der Waals surface area contributed by atoms with E-state index in [9.17, 15) is 0 Å². The second-order valence-electron chi connectivity index (χ2n) is 11.0. The molecule has 5 heteroatoms. The molecule has 0 aromatic heterocycles. The van der Waals surface area contributed by atoms with Crippen LogP contribution in [0.2, 0.25) is 18.6 Å². The maximum absolute atomic E-state index is 5.45. The molecule has 4 unspecified atom stereocenters. The third-order valence-electron chi connectivity index (χ3n) is 6.56. The van der Waals surface area contributed by atoms with E-state index in [0.717, 1.165) is 11.5 Å². The van der Waals surface area contributed by atoms with E-state index >= 15 is 0 Å². The summed E-state index contributed by atoms with van der Waals surface area (Å²) in [5.41, 5.74) is 2.46. The Bertz CT molecular complexity index is 725. The fourth-order valence-electron chi connectivity index (χ4n) is 5.96. The van der Waals surface area contributed by atoms with Crippen LogP contribution in [0.15, 0.2) is 54.6 Å². The zero-order valence-corrected chi connectivity index (χ0v) is 24.7. The molecule has 1 aromatic carbocycles. The van der Waals surface area contributed by atoms with Crippen LogP contribution in [0, 0.1) is 25.2 Å². The molecule has 0 heterocycles. The zero-order chi connectivity index (χ0) is 22.6. The summed E-state index contributed by atoms with van der Waals surface area (Å²) in [6, 6.07) is 11.1. The van der Waals surface area contributed by atoms with Crippen molar-refractivity contribution < 1.29 is 17.0 Å². The normalized spacial score (nSPS) is 25.2. The third-order valence-corrected chi connectivity index (χ3v) is 10.3. The fraction of sp³-hybridized carbons (Fsp3) is 0.577. The van der Waals surface area contributed by atoms with E-state index in [1.807, 2.05) is 0 Å². The van der Waals surface area contributed by atoms with Crippen molar-refractivity contribution in [1.29, 1.82) is 0 Å². The molecule has 1 aromatic rings. The standard InChI is InChI=1S/C25H38NSi.CH3.2ClH.Ti/c1-24(2,3)26-27(6,7)23-20(17-19-13-11-12-16-22(19)23)18-25(4,5)21-14-9-8-10-15-21;;;;/h8-16,19-20,22-23H,17-18H2,1-7H3;1H3;2*1H;/q2*-1;;;+2/p-2. The van der Waals surface area contributed by atoms with E-state index in [1.54, 1.807) is 0 Å². The van der Waals surface area contributed by atoms with Crippen LogP contribution in [0.5, 0.6) is 0 Å². The summed E-state index contributed by atoms with van der Waals surface area (Å²) in [7, 11) is 8.04. The average molecular weight is 514 g/mol. The summed E-state index contributed by atoms with van der Waals surface area (Å²) >= 11 is -0.556. The first-order valence-electron chi connectivity index (χ1n) is 11.0. The van der Waals surface area contributed by atoms with Gasteiger partial charge in [0, 0.05) is 0 Å². The molecule has 3 rings (SSSR count). The van der Waals surface area contributed by atoms with Gasteiger partial charge in [-0.25, -0.2) is 0 Å². The number of hydrogen-bond acceptors (Lipinski definition) is 0. The monoisotopic (exact) mass is 513 g/mol. The molecule has 0 saturated heterocycles. The first-order valence-corrected chi connectivity index (χ1v) is 18.3. The molecule has 0 amide bonds. The van der Waals surface area contributed by atoms with Crippen LogP contribution < -0.4 is 0 Å². The predicted octanol–water partition coefficient (Wildman–Crippen LogP) is 9.31. The molecule has 31 heavy (non-hydrogen) atoms. The first-order chi connectivity index (χ1) is 13.9. The minimum absolute atomic E-state index is 0. The van der Waals surface area contributed by atoms with Crippen LogP contribution in [0.1, 0.15) is 53.0 Å². The minimum atomic E-state index is -1.74. The number of hydrogen-bond donors (Lipinski definition) is 0. The van der Waals surface area contributed by atoms with Crippen molar-refractivity contribution in [3.05, 3.63) is 72.6 Å². The third kappa shape index (κ3) is 8.16. The van der Waals surface area contributed by atoms with Gasteiger partial charge >= 0.3 is 35.6 Å². The van der Waals surface area contributed by atoms with Gasteiger partial charge in [0.15, 0.2) is 0 Å². The Morgan fingerprint density at radius 2 is 1.55 bits per heavy atom. The summed E-state index contributed by atoms with van der Waals surface area (Å²) in [6.45, 7) is 16.7. The molecule has 2 aliphatic rings. The van der Waals surface area contributed by atoms with Crippen molar-refractivity contribution in [3.8, 4) is 0 Å². The molecule has 2 aliphatic carbocycles. The fourth-order valence-corrected chi connectivity index (χ4v) is 10.5. The second-order valence-corrected chi connectivity index (χ2v) is 17.8. The first kappa shape index (κ1) is 29.2. The topological polar surface area (TPSA) is 14.1 Å². The molecule has 0 bridgehead atoms. The molecule has 0 N–H and O–H groups in total. The van der Waals surface area contributed by atoms with Gasteiger partial charge < -0.3 is 12.4 Å². The van der Waals surface area contributed by atoms with Gasteiger partial charge in [-0.2, -0.15) is 0 Å². The molecular formula is C26H41Cl2NSiTi-2. The Morgan fingerprint density at radius 3 is 2.10 bits per heavy atom. The van der Waals surface area contributed by atoms with E-state index in [0.29, 0.717) is 11.8 Å². The van der Waals surface area contributed by atoms with Crippen molar-refractivity contribution in [1.82, 2.24) is 0 Å².